The minimum atomic E-state index is -0.677. The van der Waals surface area contributed by atoms with Gasteiger partial charge in [0.05, 0.1) is 36.8 Å². The fourth-order valence-electron chi connectivity index (χ4n) is 9.38. The van der Waals surface area contributed by atoms with Gasteiger partial charge in [-0.3, -0.25) is 14.5 Å². The van der Waals surface area contributed by atoms with E-state index in [1.165, 1.54) is 7.11 Å². The SMILES string of the molecule is CCN(CC)C(C(=O)N1CCCC1C1NC=C(c2ccc3cc(-c4ccc(-c5cnc(C6CCCN6C(=O)C(NC(=O)OC)C(C)C)[nH]5)cc4)ccc3c2)N1)c1ccccc1. The Hall–Kier alpha value is -6.14. The number of likely N-dealkylation sites (N-methyl/N-ethyl adjacent to an activating group) is 1. The van der Waals surface area contributed by atoms with E-state index < -0.39 is 12.1 Å². The number of imidazole rings is 1. The molecule has 3 aliphatic heterocycles. The highest BCUT2D eigenvalue weighted by atomic mass is 16.5. The van der Waals surface area contributed by atoms with Gasteiger partial charge in [-0.1, -0.05) is 107 Å². The number of H-pyrrole nitrogens is 1. The molecule has 5 aromatic rings. The monoisotopic (exact) mass is 822 g/mol. The predicted octanol–water partition coefficient (Wildman–Crippen LogP) is 7.83. The lowest BCUT2D eigenvalue weighted by Gasteiger charge is -2.36. The lowest BCUT2D eigenvalue weighted by atomic mass is 9.98. The summed E-state index contributed by atoms with van der Waals surface area (Å²) in [5.74, 6) is 0.698. The van der Waals surface area contributed by atoms with E-state index in [1.807, 2.05) is 43.1 Å². The van der Waals surface area contributed by atoms with Gasteiger partial charge in [0.25, 0.3) is 0 Å². The topological polar surface area (TPSA) is 135 Å². The van der Waals surface area contributed by atoms with Crippen LogP contribution in [0.3, 0.4) is 0 Å². The van der Waals surface area contributed by atoms with Crippen molar-refractivity contribution in [2.45, 2.75) is 83.7 Å². The zero-order valence-electron chi connectivity index (χ0n) is 35.9. The van der Waals surface area contributed by atoms with E-state index in [1.54, 1.807) is 0 Å². The molecule has 0 aliphatic carbocycles. The van der Waals surface area contributed by atoms with Crippen molar-refractivity contribution in [2.24, 2.45) is 5.92 Å². The van der Waals surface area contributed by atoms with E-state index in [-0.39, 0.29) is 42.0 Å². The van der Waals surface area contributed by atoms with Crippen molar-refractivity contribution in [2.75, 3.05) is 33.3 Å². The normalized spacial score (nSPS) is 19.8. The van der Waals surface area contributed by atoms with Gasteiger partial charge < -0.3 is 35.5 Å². The third-order valence-electron chi connectivity index (χ3n) is 12.7. The van der Waals surface area contributed by atoms with Crippen molar-refractivity contribution in [1.29, 1.82) is 0 Å². The molecule has 4 N–H and O–H groups in total. The minimum Gasteiger partial charge on any atom is -0.453 e. The summed E-state index contributed by atoms with van der Waals surface area (Å²) < 4.78 is 4.78. The number of aromatic amines is 1. The summed E-state index contributed by atoms with van der Waals surface area (Å²) in [6.45, 7) is 11.1. The molecule has 318 valence electrons. The van der Waals surface area contributed by atoms with Crippen LogP contribution < -0.4 is 16.0 Å². The Morgan fingerprint density at radius 1 is 0.820 bits per heavy atom. The maximum atomic E-state index is 14.3. The van der Waals surface area contributed by atoms with Crippen molar-refractivity contribution in [3.63, 3.8) is 0 Å². The zero-order valence-corrected chi connectivity index (χ0v) is 35.9. The molecule has 2 fully saturated rings. The lowest BCUT2D eigenvalue weighted by molar-refractivity contribution is -0.138. The quantitative estimate of drug-likeness (QED) is 0.0945. The first-order valence-corrected chi connectivity index (χ1v) is 21.8. The highest BCUT2D eigenvalue weighted by Crippen LogP contribution is 2.35. The molecule has 1 aromatic heterocycles. The van der Waals surface area contributed by atoms with Gasteiger partial charge in [0.1, 0.15) is 24.1 Å². The molecule has 0 spiro atoms. The van der Waals surface area contributed by atoms with Crippen molar-refractivity contribution in [3.05, 3.63) is 120 Å². The molecule has 12 heteroatoms. The van der Waals surface area contributed by atoms with Gasteiger partial charge in [-0.2, -0.15) is 0 Å². The van der Waals surface area contributed by atoms with E-state index >= 15 is 0 Å². The van der Waals surface area contributed by atoms with Crippen LogP contribution in [0.2, 0.25) is 0 Å². The molecule has 0 radical (unpaired) electrons. The highest BCUT2D eigenvalue weighted by Gasteiger charge is 2.41. The van der Waals surface area contributed by atoms with Crippen LogP contribution in [0.1, 0.15) is 82.4 Å². The van der Waals surface area contributed by atoms with E-state index in [0.717, 1.165) is 101 Å². The average Bonchev–Trinajstić information content (AvgIpc) is 4.14. The molecule has 5 unspecified atom stereocenters. The van der Waals surface area contributed by atoms with E-state index in [9.17, 15) is 14.4 Å². The first-order valence-electron chi connectivity index (χ1n) is 21.8. The van der Waals surface area contributed by atoms with E-state index in [0.29, 0.717) is 6.54 Å². The van der Waals surface area contributed by atoms with E-state index in [2.05, 4.69) is 124 Å². The fourth-order valence-corrected chi connectivity index (χ4v) is 9.38. The van der Waals surface area contributed by atoms with Crippen molar-refractivity contribution in [3.8, 4) is 22.4 Å². The van der Waals surface area contributed by atoms with Gasteiger partial charge in [0, 0.05) is 19.3 Å². The van der Waals surface area contributed by atoms with Crippen LogP contribution in [0.4, 0.5) is 4.79 Å². The number of nitrogens with one attached hydrogen (secondary N) is 4. The fraction of sp³-hybridized carbons (Fsp3) is 0.388. The second kappa shape index (κ2) is 18.2. The van der Waals surface area contributed by atoms with Gasteiger partial charge in [-0.15, -0.1) is 0 Å². The molecule has 8 rings (SSSR count). The number of carbonyl (C=O) groups excluding carboxylic acids is 3. The van der Waals surface area contributed by atoms with Crippen LogP contribution >= 0.6 is 0 Å². The van der Waals surface area contributed by atoms with Crippen LogP contribution in [-0.2, 0) is 14.3 Å². The number of amides is 3. The summed E-state index contributed by atoms with van der Waals surface area (Å²) in [4.78, 5) is 54.3. The smallest absolute Gasteiger partial charge is 0.407 e. The molecule has 61 heavy (non-hydrogen) atoms. The van der Waals surface area contributed by atoms with Crippen LogP contribution in [-0.4, -0.2) is 94.1 Å². The van der Waals surface area contributed by atoms with Gasteiger partial charge in [0.2, 0.25) is 11.8 Å². The molecular formula is C49H58N8O4. The Labute approximate surface area is 358 Å². The standard InChI is InChI=1S/C49H58N8O4/c1-6-55(7-2)44(34-13-9-8-10-14-34)48(59)57-26-12-16-42(57)46-51-30-40(53-46)38-24-23-36-27-35(21-22-37(36)28-38)32-17-19-33(20-18-32)39-29-50-45(52-39)41-15-11-25-56(41)47(58)43(31(3)4)54-49(60)61-5/h8-10,13-14,17-24,27-31,41-44,46,51,53H,6-7,11-12,15-16,25-26H2,1-5H3,(H,50,52)(H,54,60). The number of rotatable bonds is 13. The molecule has 4 aromatic carbocycles. The number of fused-ring (bicyclic) bond motifs is 1. The summed E-state index contributed by atoms with van der Waals surface area (Å²) in [7, 11) is 1.30. The molecule has 2 saturated heterocycles. The predicted molar refractivity (Wildman–Crippen MR) is 240 cm³/mol. The molecule has 12 nitrogen and oxygen atoms in total. The number of alkyl carbamates (subject to hydrolysis) is 1. The van der Waals surface area contributed by atoms with Crippen LogP contribution in [0.5, 0.6) is 0 Å². The molecular weight excluding hydrogens is 765 g/mol. The number of carbonyl (C=O) groups is 3. The third-order valence-corrected chi connectivity index (χ3v) is 12.7. The Balaban J connectivity index is 0.918. The van der Waals surface area contributed by atoms with Crippen LogP contribution in [0.25, 0.3) is 38.9 Å². The van der Waals surface area contributed by atoms with Crippen molar-refractivity contribution >= 4 is 34.4 Å². The number of nitrogens with zero attached hydrogens (tertiary/aromatic N) is 4. The van der Waals surface area contributed by atoms with Gasteiger partial charge in [-0.25, -0.2) is 9.78 Å². The van der Waals surface area contributed by atoms with Crippen LogP contribution in [0.15, 0.2) is 103 Å². The Morgan fingerprint density at radius 2 is 1.48 bits per heavy atom. The summed E-state index contributed by atoms with van der Waals surface area (Å²) in [5.41, 5.74) is 7.30. The number of ether oxygens (including phenoxy) is 1. The third kappa shape index (κ3) is 8.59. The number of aromatic nitrogens is 2. The Kier molecular flexibility index (Phi) is 12.4. The van der Waals surface area contributed by atoms with Crippen LogP contribution in [0, 0.1) is 5.92 Å². The second-order valence-corrected chi connectivity index (χ2v) is 16.7. The first-order chi connectivity index (χ1) is 29.7. The van der Waals surface area contributed by atoms with Gasteiger partial charge in [0.15, 0.2) is 0 Å². The number of benzene rings is 4. The summed E-state index contributed by atoms with van der Waals surface area (Å²) in [6.07, 6.45) is 6.79. The number of methoxy groups -OCH3 is 1. The molecule has 0 bridgehead atoms. The van der Waals surface area contributed by atoms with E-state index in [4.69, 9.17) is 9.72 Å². The summed E-state index contributed by atoms with van der Waals surface area (Å²) in [6, 6.07) is 30.7. The molecule has 4 heterocycles. The largest absolute Gasteiger partial charge is 0.453 e. The second-order valence-electron chi connectivity index (χ2n) is 16.7. The molecule has 3 amide bonds. The van der Waals surface area contributed by atoms with Crippen molar-refractivity contribution < 1.29 is 19.1 Å². The Morgan fingerprint density at radius 3 is 2.18 bits per heavy atom. The average molecular weight is 823 g/mol. The van der Waals surface area contributed by atoms with Gasteiger partial charge in [-0.05, 0) is 95.4 Å². The molecule has 3 aliphatic rings. The highest BCUT2D eigenvalue weighted by molar-refractivity contribution is 5.90. The minimum absolute atomic E-state index is 0.0434. The lowest BCUT2D eigenvalue weighted by Crippen LogP contribution is -2.54. The first kappa shape index (κ1) is 41.6. The summed E-state index contributed by atoms with van der Waals surface area (Å²) in [5, 5.41) is 12.3. The molecule has 0 saturated carbocycles. The Bertz CT molecular complexity index is 2370. The maximum absolute atomic E-state index is 14.3. The maximum Gasteiger partial charge on any atom is 0.407 e. The summed E-state index contributed by atoms with van der Waals surface area (Å²) >= 11 is 0. The van der Waals surface area contributed by atoms with Crippen molar-refractivity contribution in [1.82, 2.24) is 40.6 Å². The molecule has 5 atom stereocenters. The number of hydrogen-bond acceptors (Lipinski definition) is 8. The number of likely N-dealkylation sites (tertiary alicyclic amines) is 2. The zero-order chi connectivity index (χ0) is 42.6. The van der Waals surface area contributed by atoms with Gasteiger partial charge >= 0.3 is 6.09 Å². The number of hydrogen-bond donors (Lipinski definition) is 4.